The number of methoxy groups -OCH3 is 4. The van der Waals surface area contributed by atoms with E-state index in [1.807, 2.05) is 48.5 Å². The maximum atomic E-state index is 7.03. The molecule has 0 aliphatic rings. The van der Waals surface area contributed by atoms with E-state index in [9.17, 15) is 0 Å². The second kappa shape index (κ2) is 20.2. The number of ether oxygens (including phenoxy) is 9. The lowest BCUT2D eigenvalue weighted by atomic mass is 9.98. The SMILES string of the molecule is COCOc1ccc(CCC(OC(CCc2ccc(OCOC)c(OCOC)c2)c2ccccc2)c2ccccc2)cc1OCOC. The highest BCUT2D eigenvalue weighted by Crippen LogP contribution is 2.36. The Kier molecular flexibility index (Phi) is 15.3. The van der Waals surface area contributed by atoms with E-state index in [2.05, 4.69) is 48.5 Å². The van der Waals surface area contributed by atoms with E-state index in [1.165, 1.54) is 0 Å². The zero-order chi connectivity index (χ0) is 33.1. The molecule has 0 aliphatic heterocycles. The van der Waals surface area contributed by atoms with E-state index in [0.717, 1.165) is 47.9 Å². The topological polar surface area (TPSA) is 83.1 Å². The van der Waals surface area contributed by atoms with Crippen LogP contribution in [0.2, 0.25) is 0 Å². The molecule has 0 N–H and O–H groups in total. The molecular weight excluding hydrogens is 600 g/mol. The summed E-state index contributed by atoms with van der Waals surface area (Å²) in [4.78, 5) is 0. The fourth-order valence-corrected chi connectivity index (χ4v) is 5.13. The third-order valence-electron chi connectivity index (χ3n) is 7.41. The van der Waals surface area contributed by atoms with Gasteiger partial charge < -0.3 is 42.6 Å². The smallest absolute Gasteiger partial charge is 0.188 e. The number of hydrogen-bond donors (Lipinski definition) is 0. The van der Waals surface area contributed by atoms with Gasteiger partial charge in [0, 0.05) is 28.4 Å². The van der Waals surface area contributed by atoms with Crippen LogP contribution < -0.4 is 18.9 Å². The van der Waals surface area contributed by atoms with Crippen molar-refractivity contribution < 1.29 is 42.6 Å². The quantitative estimate of drug-likeness (QED) is 0.0799. The van der Waals surface area contributed by atoms with Gasteiger partial charge in [-0.25, -0.2) is 0 Å². The first-order chi connectivity index (χ1) is 23.1. The third kappa shape index (κ3) is 11.6. The molecule has 0 saturated heterocycles. The molecule has 47 heavy (non-hydrogen) atoms. The van der Waals surface area contributed by atoms with Crippen LogP contribution in [0.15, 0.2) is 97.1 Å². The summed E-state index contributed by atoms with van der Waals surface area (Å²) in [7, 11) is 6.34. The summed E-state index contributed by atoms with van der Waals surface area (Å²) in [6, 6.07) is 32.6. The van der Waals surface area contributed by atoms with Crippen LogP contribution in [-0.2, 0) is 36.5 Å². The van der Waals surface area contributed by atoms with Crippen LogP contribution in [0.25, 0.3) is 0 Å². The maximum Gasteiger partial charge on any atom is 0.188 e. The molecule has 4 rings (SSSR count). The maximum absolute atomic E-state index is 7.03. The minimum Gasteiger partial charge on any atom is -0.464 e. The van der Waals surface area contributed by atoms with Crippen molar-refractivity contribution in [1.29, 1.82) is 0 Å². The van der Waals surface area contributed by atoms with Crippen molar-refractivity contribution in [3.8, 4) is 23.0 Å². The van der Waals surface area contributed by atoms with Gasteiger partial charge in [-0.1, -0.05) is 72.8 Å². The molecule has 0 bridgehead atoms. The highest BCUT2D eigenvalue weighted by Gasteiger charge is 2.21. The number of aryl methyl sites for hydroxylation is 2. The van der Waals surface area contributed by atoms with Crippen LogP contribution in [0.1, 0.15) is 47.3 Å². The fourth-order valence-electron chi connectivity index (χ4n) is 5.13. The van der Waals surface area contributed by atoms with Gasteiger partial charge in [0.25, 0.3) is 0 Å². The number of benzene rings is 4. The first-order valence-corrected chi connectivity index (χ1v) is 15.6. The Labute approximate surface area is 278 Å². The Morgan fingerprint density at radius 2 is 0.787 bits per heavy atom. The van der Waals surface area contributed by atoms with E-state index in [0.29, 0.717) is 23.0 Å². The van der Waals surface area contributed by atoms with Crippen LogP contribution in [-0.4, -0.2) is 55.6 Å². The molecule has 0 amide bonds. The van der Waals surface area contributed by atoms with Gasteiger partial charge in [-0.05, 0) is 72.2 Å². The van der Waals surface area contributed by atoms with Crippen molar-refractivity contribution in [2.45, 2.75) is 37.9 Å². The van der Waals surface area contributed by atoms with Gasteiger partial charge >= 0.3 is 0 Å². The molecule has 2 atom stereocenters. The van der Waals surface area contributed by atoms with E-state index < -0.39 is 0 Å². The number of hydrogen-bond acceptors (Lipinski definition) is 9. The molecule has 4 aromatic carbocycles. The lowest BCUT2D eigenvalue weighted by molar-refractivity contribution is -0.0238. The molecule has 252 valence electrons. The first kappa shape index (κ1) is 35.7. The van der Waals surface area contributed by atoms with Crippen molar-refractivity contribution in [3.05, 3.63) is 119 Å². The van der Waals surface area contributed by atoms with Gasteiger partial charge in [0.2, 0.25) is 0 Å². The van der Waals surface area contributed by atoms with Crippen molar-refractivity contribution in [2.24, 2.45) is 0 Å². The Bertz CT molecular complexity index is 1320. The minimum atomic E-state index is -0.153. The molecule has 0 fully saturated rings. The van der Waals surface area contributed by atoms with Crippen molar-refractivity contribution in [3.63, 3.8) is 0 Å². The van der Waals surface area contributed by atoms with Crippen LogP contribution >= 0.6 is 0 Å². The normalized spacial score (nSPS) is 12.3. The van der Waals surface area contributed by atoms with Gasteiger partial charge in [0.15, 0.2) is 50.2 Å². The third-order valence-corrected chi connectivity index (χ3v) is 7.41. The molecule has 0 aliphatic carbocycles. The monoisotopic (exact) mass is 646 g/mol. The van der Waals surface area contributed by atoms with Crippen LogP contribution in [0, 0.1) is 0 Å². The minimum absolute atomic E-state index is 0.115. The summed E-state index contributed by atoms with van der Waals surface area (Å²) in [6.45, 7) is 0.482. The molecular formula is C38H46O9. The Hall–Kier alpha value is -4.12. The fraction of sp³-hybridized carbons (Fsp3) is 0.368. The average molecular weight is 647 g/mol. The molecule has 0 heterocycles. The molecule has 4 aromatic rings. The summed E-state index contributed by atoms with van der Waals surface area (Å²) >= 11 is 0. The molecule has 2 unspecified atom stereocenters. The lowest BCUT2D eigenvalue weighted by Gasteiger charge is -2.26. The Morgan fingerprint density at radius 3 is 1.15 bits per heavy atom. The summed E-state index contributed by atoms with van der Waals surface area (Å²) in [6.07, 6.45) is 2.74. The summed E-state index contributed by atoms with van der Waals surface area (Å²) in [5, 5.41) is 0. The average Bonchev–Trinajstić information content (AvgIpc) is 3.12. The molecule has 9 nitrogen and oxygen atoms in total. The highest BCUT2D eigenvalue weighted by atomic mass is 16.7. The standard InChI is InChI=1S/C38H46O9/c1-39-25-43-35-21-17-29(23-37(35)45-27-41-3)15-19-33(31-11-7-5-8-12-31)47-34(32-13-9-6-10-14-32)20-16-30-18-22-36(44-26-40-2)38(24-30)46-28-42-4/h5-14,17-18,21-24,33-34H,15-16,19-20,25-28H2,1-4H3. The van der Waals surface area contributed by atoms with E-state index in [1.54, 1.807) is 28.4 Å². The Balaban J connectivity index is 1.54. The highest BCUT2D eigenvalue weighted by molar-refractivity contribution is 5.44. The van der Waals surface area contributed by atoms with Gasteiger partial charge in [0.1, 0.15) is 0 Å². The summed E-state index contributed by atoms with van der Waals surface area (Å²) in [5.74, 6) is 2.41. The van der Waals surface area contributed by atoms with Gasteiger partial charge in [-0.15, -0.1) is 0 Å². The molecule has 0 spiro atoms. The first-order valence-electron chi connectivity index (χ1n) is 15.6. The lowest BCUT2D eigenvalue weighted by Crippen LogP contribution is -2.13. The predicted molar refractivity (Wildman–Crippen MR) is 179 cm³/mol. The van der Waals surface area contributed by atoms with E-state index in [-0.39, 0.29) is 39.4 Å². The van der Waals surface area contributed by atoms with Crippen LogP contribution in [0.4, 0.5) is 0 Å². The van der Waals surface area contributed by atoms with Crippen molar-refractivity contribution in [1.82, 2.24) is 0 Å². The van der Waals surface area contributed by atoms with E-state index in [4.69, 9.17) is 42.6 Å². The molecule has 9 heteroatoms. The van der Waals surface area contributed by atoms with Crippen LogP contribution in [0.3, 0.4) is 0 Å². The van der Waals surface area contributed by atoms with E-state index >= 15 is 0 Å². The van der Waals surface area contributed by atoms with Gasteiger partial charge in [-0.3, -0.25) is 0 Å². The van der Waals surface area contributed by atoms with Crippen molar-refractivity contribution >= 4 is 0 Å². The predicted octanol–water partition coefficient (Wildman–Crippen LogP) is 7.68. The Morgan fingerprint density at radius 1 is 0.426 bits per heavy atom. The zero-order valence-electron chi connectivity index (χ0n) is 27.7. The molecule has 0 saturated carbocycles. The second-order valence-corrected chi connectivity index (χ2v) is 10.8. The zero-order valence-corrected chi connectivity index (χ0v) is 27.7. The van der Waals surface area contributed by atoms with Gasteiger partial charge in [-0.2, -0.15) is 0 Å². The molecule has 0 aromatic heterocycles. The second-order valence-electron chi connectivity index (χ2n) is 10.8. The summed E-state index contributed by atoms with van der Waals surface area (Å²) in [5.41, 5.74) is 4.44. The van der Waals surface area contributed by atoms with Gasteiger partial charge in [0.05, 0.1) is 12.2 Å². The van der Waals surface area contributed by atoms with Crippen molar-refractivity contribution in [2.75, 3.05) is 55.6 Å². The number of rotatable bonds is 22. The largest absolute Gasteiger partial charge is 0.464 e. The molecule has 0 radical (unpaired) electrons. The summed E-state index contributed by atoms with van der Waals surface area (Å²) < 4.78 is 50.4. The van der Waals surface area contributed by atoms with Crippen LogP contribution in [0.5, 0.6) is 23.0 Å².